The maximum atomic E-state index is 13.1. The molecule has 1 N–H and O–H groups in total. The number of benzene rings is 2. The highest BCUT2D eigenvalue weighted by Crippen LogP contribution is 2.40. The Balaban J connectivity index is 1.79. The maximum Gasteiger partial charge on any atom is 0.322 e. The fourth-order valence-corrected chi connectivity index (χ4v) is 4.12. The third-order valence-electron chi connectivity index (χ3n) is 6.08. The predicted molar refractivity (Wildman–Crippen MR) is 131 cm³/mol. The smallest absolute Gasteiger partial charge is 0.322 e. The van der Waals surface area contributed by atoms with E-state index in [1.165, 1.54) is 0 Å². The minimum atomic E-state index is -0.510. The van der Waals surface area contributed by atoms with Crippen LogP contribution in [0.1, 0.15) is 44.2 Å². The monoisotopic (exact) mass is 478 g/mol. The number of urea groups is 1. The van der Waals surface area contributed by atoms with Crippen molar-refractivity contribution < 1.29 is 23.5 Å². The lowest BCUT2D eigenvalue weighted by Crippen LogP contribution is -2.46. The number of allylic oxidation sites excluding steroid dienone is 1. The Morgan fingerprint density at radius 1 is 1.03 bits per heavy atom. The van der Waals surface area contributed by atoms with E-state index in [1.54, 1.807) is 26.2 Å². The maximum absolute atomic E-state index is 13.1. The van der Waals surface area contributed by atoms with Crippen molar-refractivity contribution in [2.24, 2.45) is 0 Å². The minimum Gasteiger partial charge on any atom is -0.497 e. The predicted octanol–water partition coefficient (Wildman–Crippen LogP) is 5.06. The van der Waals surface area contributed by atoms with Crippen molar-refractivity contribution in [1.29, 1.82) is 0 Å². The van der Waals surface area contributed by atoms with E-state index in [4.69, 9.17) is 23.7 Å². The summed E-state index contributed by atoms with van der Waals surface area (Å²) in [4.78, 5) is 19.5. The van der Waals surface area contributed by atoms with Gasteiger partial charge in [0, 0.05) is 17.8 Å². The van der Waals surface area contributed by atoms with Gasteiger partial charge in [-0.15, -0.1) is 0 Å². The van der Waals surface area contributed by atoms with Gasteiger partial charge >= 0.3 is 6.03 Å². The summed E-state index contributed by atoms with van der Waals surface area (Å²) in [7, 11) is 4.78. The molecular formula is C26H30N4O5. The minimum absolute atomic E-state index is 0.172. The Kier molecular flexibility index (Phi) is 7.24. The number of carbonyl (C=O) groups excluding carboxylic acids is 1. The zero-order valence-corrected chi connectivity index (χ0v) is 20.6. The van der Waals surface area contributed by atoms with E-state index in [-0.39, 0.29) is 6.03 Å². The molecule has 2 amide bonds. The normalized spacial score (nSPS) is 15.7. The van der Waals surface area contributed by atoms with Crippen molar-refractivity contribution in [3.05, 3.63) is 59.6 Å². The van der Waals surface area contributed by atoms with Gasteiger partial charge in [0.1, 0.15) is 5.75 Å². The highest BCUT2D eigenvalue weighted by Gasteiger charge is 2.36. The molecule has 2 aromatic carbocycles. The van der Waals surface area contributed by atoms with Crippen LogP contribution in [0.5, 0.6) is 17.2 Å². The van der Waals surface area contributed by atoms with Gasteiger partial charge in [-0.05, 0) is 55.3 Å². The second kappa shape index (κ2) is 10.5. The zero-order valence-electron chi connectivity index (χ0n) is 20.6. The van der Waals surface area contributed by atoms with Crippen LogP contribution < -0.4 is 19.5 Å². The van der Waals surface area contributed by atoms with Crippen LogP contribution in [0.4, 0.5) is 4.79 Å². The topological polar surface area (TPSA) is 99.0 Å². The van der Waals surface area contributed by atoms with Crippen LogP contribution in [-0.4, -0.2) is 48.9 Å². The molecule has 1 aromatic heterocycles. The molecule has 1 aliphatic rings. The lowest BCUT2D eigenvalue weighted by molar-refractivity contribution is 0.204. The van der Waals surface area contributed by atoms with Gasteiger partial charge in [0.25, 0.3) is 5.89 Å². The molecule has 1 aliphatic heterocycles. The molecule has 0 fully saturated rings. The molecular weight excluding hydrogens is 448 g/mol. The average molecular weight is 479 g/mol. The van der Waals surface area contributed by atoms with E-state index in [2.05, 4.69) is 17.4 Å². The van der Waals surface area contributed by atoms with Gasteiger partial charge in [0.2, 0.25) is 5.82 Å². The van der Waals surface area contributed by atoms with Crippen molar-refractivity contribution >= 4 is 11.6 Å². The van der Waals surface area contributed by atoms with E-state index in [0.29, 0.717) is 29.8 Å². The molecule has 0 bridgehead atoms. The van der Waals surface area contributed by atoms with E-state index in [9.17, 15) is 4.79 Å². The van der Waals surface area contributed by atoms with E-state index in [0.717, 1.165) is 41.0 Å². The quantitative estimate of drug-likeness (QED) is 0.459. The van der Waals surface area contributed by atoms with Crippen LogP contribution in [0.25, 0.3) is 17.0 Å². The highest BCUT2D eigenvalue weighted by molar-refractivity contribution is 5.87. The van der Waals surface area contributed by atoms with Gasteiger partial charge in [-0.2, -0.15) is 4.98 Å². The molecule has 0 saturated heterocycles. The molecule has 2 heterocycles. The molecule has 35 heavy (non-hydrogen) atoms. The third kappa shape index (κ3) is 4.80. The first-order chi connectivity index (χ1) is 17.0. The number of methoxy groups -OCH3 is 3. The van der Waals surface area contributed by atoms with E-state index < -0.39 is 6.04 Å². The van der Waals surface area contributed by atoms with Gasteiger partial charge in [-0.3, -0.25) is 4.90 Å². The molecule has 9 heteroatoms. The first-order valence-electron chi connectivity index (χ1n) is 11.5. The molecule has 1 atom stereocenters. The Bertz CT molecular complexity index is 1220. The van der Waals surface area contributed by atoms with Crippen LogP contribution in [0.2, 0.25) is 0 Å². The number of carbonyl (C=O) groups is 1. The van der Waals surface area contributed by atoms with Gasteiger partial charge < -0.3 is 24.1 Å². The van der Waals surface area contributed by atoms with Crippen molar-refractivity contribution in [2.45, 2.75) is 32.7 Å². The summed E-state index contributed by atoms with van der Waals surface area (Å²) in [6, 6.07) is 12.3. The van der Waals surface area contributed by atoms with Crippen LogP contribution in [-0.2, 0) is 0 Å². The number of nitrogens with one attached hydrogen (secondary N) is 1. The van der Waals surface area contributed by atoms with Gasteiger partial charge in [0.05, 0.1) is 32.9 Å². The second-order valence-electron chi connectivity index (χ2n) is 8.15. The van der Waals surface area contributed by atoms with Gasteiger partial charge in [0.15, 0.2) is 11.5 Å². The SMILES string of the molecule is CCCCN1C(=O)NC(c2ccc(OC)c(OC)c2)C(c2nc(-c3ccc(OC)cc3)no2)=C1C. The number of amides is 2. The van der Waals surface area contributed by atoms with E-state index in [1.807, 2.05) is 49.4 Å². The summed E-state index contributed by atoms with van der Waals surface area (Å²) in [5.41, 5.74) is 3.11. The highest BCUT2D eigenvalue weighted by atomic mass is 16.5. The lowest BCUT2D eigenvalue weighted by atomic mass is 9.94. The van der Waals surface area contributed by atoms with Crippen molar-refractivity contribution in [3.8, 4) is 28.6 Å². The molecule has 1 unspecified atom stereocenters. The largest absolute Gasteiger partial charge is 0.497 e. The number of unbranched alkanes of at least 4 members (excludes halogenated alkanes) is 1. The number of rotatable bonds is 9. The van der Waals surface area contributed by atoms with Crippen LogP contribution in [0.15, 0.2) is 52.7 Å². The summed E-state index contributed by atoms with van der Waals surface area (Å²) in [5.74, 6) is 2.70. The van der Waals surface area contributed by atoms with E-state index >= 15 is 0 Å². The standard InChI is InChI=1S/C26H30N4O5/c1-6-7-14-30-16(2)22(25-28-24(29-35-25)17-8-11-19(32-3)12-9-17)23(27-26(30)31)18-10-13-20(33-4)21(15-18)34-5/h8-13,15,23H,6-7,14H2,1-5H3,(H,27,31). The fourth-order valence-electron chi connectivity index (χ4n) is 4.12. The summed E-state index contributed by atoms with van der Waals surface area (Å²) in [6.07, 6.45) is 1.84. The van der Waals surface area contributed by atoms with Gasteiger partial charge in [-0.25, -0.2) is 4.79 Å². The summed E-state index contributed by atoms with van der Waals surface area (Å²) in [5, 5.41) is 7.32. The molecule has 0 aliphatic carbocycles. The number of hydrogen-bond donors (Lipinski definition) is 1. The zero-order chi connectivity index (χ0) is 24.9. The summed E-state index contributed by atoms with van der Waals surface area (Å²) >= 11 is 0. The van der Waals surface area contributed by atoms with Crippen LogP contribution in [0.3, 0.4) is 0 Å². The van der Waals surface area contributed by atoms with Crippen LogP contribution in [0, 0.1) is 0 Å². The first-order valence-corrected chi connectivity index (χ1v) is 11.5. The molecule has 0 spiro atoms. The average Bonchev–Trinajstić information content (AvgIpc) is 3.37. The first kappa shape index (κ1) is 24.1. The lowest BCUT2D eigenvalue weighted by Gasteiger charge is -2.35. The van der Waals surface area contributed by atoms with Crippen molar-refractivity contribution in [1.82, 2.24) is 20.4 Å². The summed E-state index contributed by atoms with van der Waals surface area (Å²) < 4.78 is 21.8. The Morgan fingerprint density at radius 2 is 1.77 bits per heavy atom. The second-order valence-corrected chi connectivity index (χ2v) is 8.15. The Hall–Kier alpha value is -4.01. The van der Waals surface area contributed by atoms with Crippen molar-refractivity contribution in [3.63, 3.8) is 0 Å². The number of nitrogens with zero attached hydrogens (tertiary/aromatic N) is 3. The Labute approximate surface area is 204 Å². The Morgan fingerprint density at radius 3 is 2.43 bits per heavy atom. The molecule has 4 rings (SSSR count). The number of ether oxygens (including phenoxy) is 3. The third-order valence-corrected chi connectivity index (χ3v) is 6.08. The molecule has 184 valence electrons. The fraction of sp³-hybridized carbons (Fsp3) is 0.346. The van der Waals surface area contributed by atoms with Gasteiger partial charge in [-0.1, -0.05) is 24.6 Å². The molecule has 0 saturated carbocycles. The molecule has 3 aromatic rings. The number of hydrogen-bond acceptors (Lipinski definition) is 7. The summed E-state index contributed by atoms with van der Waals surface area (Å²) in [6.45, 7) is 4.60. The van der Waals surface area contributed by atoms with Crippen molar-refractivity contribution in [2.75, 3.05) is 27.9 Å². The van der Waals surface area contributed by atoms with Crippen LogP contribution >= 0.6 is 0 Å². The number of aromatic nitrogens is 2. The molecule has 0 radical (unpaired) electrons. The molecule has 9 nitrogen and oxygen atoms in total.